The molecule has 0 bridgehead atoms. The number of hydrogen-bond donors (Lipinski definition) is 1. The molecule has 1 aromatic carbocycles. The van der Waals surface area contributed by atoms with E-state index in [2.05, 4.69) is 0 Å². The van der Waals surface area contributed by atoms with Crippen LogP contribution in [0.5, 0.6) is 0 Å². The van der Waals surface area contributed by atoms with Gasteiger partial charge in [-0.25, -0.2) is 9.69 Å². The highest BCUT2D eigenvalue weighted by molar-refractivity contribution is 6.45. The van der Waals surface area contributed by atoms with Gasteiger partial charge in [0, 0.05) is 6.54 Å². The van der Waals surface area contributed by atoms with Crippen molar-refractivity contribution in [3.05, 3.63) is 27.7 Å². The number of benzene rings is 1. The Hall–Kier alpha value is -1.81. The largest absolute Gasteiger partial charge is 0.390 e. The highest BCUT2D eigenvalue weighted by atomic mass is 35.5. The molecule has 0 spiro atoms. The summed E-state index contributed by atoms with van der Waals surface area (Å²) in [6.07, 6.45) is -0.503. The average molecular weight is 326 g/mol. The Bertz CT molecular complexity index is 701. The van der Waals surface area contributed by atoms with E-state index < -0.39 is 24.1 Å². The Kier molecular flexibility index (Phi) is 3.29. The number of rotatable bonds is 1. The number of carbonyl (C=O) groups excluding carboxylic acids is 2. The van der Waals surface area contributed by atoms with Gasteiger partial charge >= 0.3 is 6.03 Å². The minimum Gasteiger partial charge on any atom is -0.390 e. The maximum absolute atomic E-state index is 12.4. The predicted molar refractivity (Wildman–Crippen MR) is 75.2 cm³/mol. The highest BCUT2D eigenvalue weighted by Gasteiger charge is 2.52. The third-order valence-corrected chi connectivity index (χ3v) is 4.57. The molecule has 8 heteroatoms. The van der Waals surface area contributed by atoms with Gasteiger partial charge in [-0.3, -0.25) is 4.79 Å². The summed E-state index contributed by atoms with van der Waals surface area (Å²) in [5, 5.41) is 18.7. The highest BCUT2D eigenvalue weighted by Crippen LogP contribution is 2.39. The molecular formula is C13H9Cl2N3O3. The smallest absolute Gasteiger partial charge is 0.332 e. The van der Waals surface area contributed by atoms with Crippen molar-refractivity contribution in [1.29, 1.82) is 5.26 Å². The van der Waals surface area contributed by atoms with E-state index in [4.69, 9.17) is 28.5 Å². The summed E-state index contributed by atoms with van der Waals surface area (Å²) in [4.78, 5) is 26.9. The fourth-order valence-corrected chi connectivity index (χ4v) is 3.11. The third-order valence-electron chi connectivity index (χ3n) is 3.70. The number of urea groups is 1. The van der Waals surface area contributed by atoms with Crippen molar-refractivity contribution < 1.29 is 14.7 Å². The zero-order valence-electron chi connectivity index (χ0n) is 10.6. The normalized spacial score (nSPS) is 24.5. The van der Waals surface area contributed by atoms with E-state index in [9.17, 15) is 14.7 Å². The number of aliphatic hydroxyl groups is 1. The summed E-state index contributed by atoms with van der Waals surface area (Å²) in [7, 11) is 0. The van der Waals surface area contributed by atoms with E-state index in [1.165, 1.54) is 17.0 Å². The van der Waals surface area contributed by atoms with Crippen LogP contribution >= 0.6 is 23.2 Å². The second kappa shape index (κ2) is 4.88. The zero-order valence-corrected chi connectivity index (χ0v) is 12.1. The van der Waals surface area contributed by atoms with Crippen LogP contribution in [0.15, 0.2) is 12.1 Å². The van der Waals surface area contributed by atoms with Crippen molar-refractivity contribution >= 4 is 40.8 Å². The van der Waals surface area contributed by atoms with E-state index >= 15 is 0 Å². The summed E-state index contributed by atoms with van der Waals surface area (Å²) >= 11 is 12.0. The standard InChI is InChI=1S/C13H9Cl2N3O3/c14-9-6(5-16)1-2-7(10(9)15)18-12(20)11-8(19)3-4-17(11)13(18)21/h1-2,8,11,19H,3-4H2/t8-,11+/m1/s1. The van der Waals surface area contributed by atoms with Crippen LogP contribution in [0.25, 0.3) is 0 Å². The lowest BCUT2D eigenvalue weighted by Gasteiger charge is -2.17. The first-order valence-corrected chi connectivity index (χ1v) is 6.93. The first-order valence-electron chi connectivity index (χ1n) is 6.18. The van der Waals surface area contributed by atoms with E-state index in [1.807, 2.05) is 6.07 Å². The van der Waals surface area contributed by atoms with Crippen LogP contribution < -0.4 is 4.90 Å². The number of nitriles is 1. The number of imide groups is 1. The molecule has 0 saturated carbocycles. The van der Waals surface area contributed by atoms with Gasteiger partial charge < -0.3 is 10.0 Å². The van der Waals surface area contributed by atoms with Crippen LogP contribution in [-0.2, 0) is 4.79 Å². The quantitative estimate of drug-likeness (QED) is 0.797. The Morgan fingerprint density at radius 1 is 1.29 bits per heavy atom. The number of aliphatic hydroxyl groups excluding tert-OH is 1. The number of halogens is 2. The van der Waals surface area contributed by atoms with Crippen LogP contribution in [0.1, 0.15) is 12.0 Å². The van der Waals surface area contributed by atoms with Gasteiger partial charge in [-0.2, -0.15) is 5.26 Å². The summed E-state index contributed by atoms with van der Waals surface area (Å²) in [5.41, 5.74) is 0.280. The molecule has 0 aliphatic carbocycles. The molecule has 3 rings (SSSR count). The molecule has 108 valence electrons. The summed E-state index contributed by atoms with van der Waals surface area (Å²) in [5.74, 6) is -0.535. The summed E-state index contributed by atoms with van der Waals surface area (Å²) < 4.78 is 0. The lowest BCUT2D eigenvalue weighted by atomic mass is 10.1. The number of amides is 3. The van der Waals surface area contributed by atoms with Crippen LogP contribution in [0.3, 0.4) is 0 Å². The first kappa shape index (κ1) is 14.1. The van der Waals surface area contributed by atoms with Gasteiger partial charge in [0.25, 0.3) is 5.91 Å². The van der Waals surface area contributed by atoms with Gasteiger partial charge in [-0.05, 0) is 18.6 Å². The molecule has 3 amide bonds. The summed E-state index contributed by atoms with van der Waals surface area (Å²) in [6, 6.07) is 3.25. The lowest BCUT2D eigenvalue weighted by Crippen LogP contribution is -2.36. The van der Waals surface area contributed by atoms with Crippen LogP contribution in [-0.4, -0.2) is 40.6 Å². The van der Waals surface area contributed by atoms with Gasteiger partial charge in [0.1, 0.15) is 12.1 Å². The lowest BCUT2D eigenvalue weighted by molar-refractivity contribution is -0.121. The van der Waals surface area contributed by atoms with E-state index in [-0.39, 0.29) is 21.3 Å². The minimum absolute atomic E-state index is 0.00938. The second-order valence-corrected chi connectivity index (χ2v) is 5.58. The van der Waals surface area contributed by atoms with Crippen LogP contribution in [0.4, 0.5) is 10.5 Å². The number of carbonyl (C=O) groups is 2. The minimum atomic E-state index is -0.876. The molecule has 2 fully saturated rings. The molecule has 2 aliphatic rings. The van der Waals surface area contributed by atoms with E-state index in [1.54, 1.807) is 0 Å². The van der Waals surface area contributed by atoms with E-state index in [0.717, 1.165) is 4.90 Å². The predicted octanol–water partition coefficient (Wildman–Crippen LogP) is 1.77. The summed E-state index contributed by atoms with van der Waals surface area (Å²) in [6.45, 7) is 0.314. The Morgan fingerprint density at radius 3 is 2.62 bits per heavy atom. The third kappa shape index (κ3) is 1.89. The molecule has 0 aromatic heterocycles. The maximum atomic E-state index is 12.4. The SMILES string of the molecule is N#Cc1ccc(N2C(=O)[C@@H]3[C@H](O)CCN3C2=O)c(Cl)c1Cl. The Labute approximate surface area is 130 Å². The number of fused-ring (bicyclic) bond motifs is 1. The molecule has 2 atom stereocenters. The molecule has 1 aromatic rings. The average Bonchev–Trinajstić information content (AvgIpc) is 2.95. The first-order chi connectivity index (χ1) is 9.97. The van der Waals surface area contributed by atoms with Crippen molar-refractivity contribution in [2.45, 2.75) is 18.6 Å². The molecule has 1 N–H and O–H groups in total. The molecular weight excluding hydrogens is 317 g/mol. The van der Waals surface area contributed by atoms with Gasteiger partial charge in [-0.1, -0.05) is 23.2 Å². The Morgan fingerprint density at radius 2 is 2.00 bits per heavy atom. The number of nitrogens with zero attached hydrogens (tertiary/aromatic N) is 3. The molecule has 2 heterocycles. The van der Waals surface area contributed by atoms with Crippen molar-refractivity contribution in [2.75, 3.05) is 11.4 Å². The monoisotopic (exact) mass is 325 g/mol. The fraction of sp³-hybridized carbons (Fsp3) is 0.308. The molecule has 6 nitrogen and oxygen atoms in total. The molecule has 0 unspecified atom stereocenters. The maximum Gasteiger partial charge on any atom is 0.332 e. The molecule has 0 radical (unpaired) electrons. The van der Waals surface area contributed by atoms with Crippen LogP contribution in [0.2, 0.25) is 10.0 Å². The Balaban J connectivity index is 2.07. The fourth-order valence-electron chi connectivity index (χ4n) is 2.66. The van der Waals surface area contributed by atoms with Gasteiger partial charge in [0.05, 0.1) is 27.4 Å². The molecule has 2 aliphatic heterocycles. The van der Waals surface area contributed by atoms with Gasteiger partial charge in [0.15, 0.2) is 0 Å². The van der Waals surface area contributed by atoms with E-state index in [0.29, 0.717) is 13.0 Å². The number of anilines is 1. The number of hydrogen-bond acceptors (Lipinski definition) is 4. The molecule has 2 saturated heterocycles. The van der Waals surface area contributed by atoms with Crippen molar-refractivity contribution in [2.24, 2.45) is 0 Å². The van der Waals surface area contributed by atoms with Gasteiger partial charge in [0.2, 0.25) is 0 Å². The van der Waals surface area contributed by atoms with Crippen molar-refractivity contribution in [3.63, 3.8) is 0 Å². The second-order valence-electron chi connectivity index (χ2n) is 4.82. The molecule has 21 heavy (non-hydrogen) atoms. The van der Waals surface area contributed by atoms with Crippen molar-refractivity contribution in [1.82, 2.24) is 4.90 Å². The van der Waals surface area contributed by atoms with Crippen LogP contribution in [0, 0.1) is 11.3 Å². The van der Waals surface area contributed by atoms with Gasteiger partial charge in [-0.15, -0.1) is 0 Å². The zero-order chi connectivity index (χ0) is 15.3. The topological polar surface area (TPSA) is 84.6 Å². The van der Waals surface area contributed by atoms with Crippen molar-refractivity contribution in [3.8, 4) is 6.07 Å².